The van der Waals surface area contributed by atoms with Gasteiger partial charge in [0.2, 0.25) is 0 Å². The van der Waals surface area contributed by atoms with Gasteiger partial charge < -0.3 is 9.47 Å². The Kier molecular flexibility index (Phi) is 5.06. The first-order valence-corrected chi connectivity index (χ1v) is 5.62. The third kappa shape index (κ3) is 4.49. The molecule has 1 atom stereocenters. The lowest BCUT2D eigenvalue weighted by atomic mass is 10.2. The summed E-state index contributed by atoms with van der Waals surface area (Å²) in [7, 11) is 0. The van der Waals surface area contributed by atoms with Crippen LogP contribution in [0.3, 0.4) is 0 Å². The lowest BCUT2D eigenvalue weighted by Crippen LogP contribution is -2.18. The van der Waals surface area contributed by atoms with Crippen molar-refractivity contribution in [1.29, 1.82) is 0 Å². The molecule has 1 rings (SSSR count). The topological polar surface area (TPSA) is 18.5 Å². The quantitative estimate of drug-likeness (QED) is 0.680. The molecule has 1 aromatic carbocycles. The normalized spacial score (nSPS) is 12.5. The van der Waals surface area contributed by atoms with E-state index in [1.165, 1.54) is 0 Å². The molecule has 0 radical (unpaired) electrons. The minimum Gasteiger partial charge on any atom is -0.465 e. The van der Waals surface area contributed by atoms with Crippen molar-refractivity contribution in [2.45, 2.75) is 27.1 Å². The van der Waals surface area contributed by atoms with Crippen LogP contribution < -0.4 is 4.74 Å². The summed E-state index contributed by atoms with van der Waals surface area (Å²) >= 11 is 0. The van der Waals surface area contributed by atoms with Crippen LogP contribution in [0.5, 0.6) is 5.75 Å². The van der Waals surface area contributed by atoms with Gasteiger partial charge in [-0.3, -0.25) is 0 Å². The summed E-state index contributed by atoms with van der Waals surface area (Å²) in [5.41, 5.74) is 1.05. The van der Waals surface area contributed by atoms with Crippen molar-refractivity contribution in [3.8, 4) is 5.75 Å². The molecule has 2 nitrogen and oxygen atoms in total. The van der Waals surface area contributed by atoms with Crippen molar-refractivity contribution in [1.82, 2.24) is 0 Å². The molecule has 0 fully saturated rings. The first-order chi connectivity index (χ1) is 7.61. The average molecular weight is 220 g/mol. The van der Waals surface area contributed by atoms with Gasteiger partial charge in [-0.25, -0.2) is 0 Å². The van der Waals surface area contributed by atoms with Crippen LogP contribution in [0, 0.1) is 5.92 Å². The molecule has 0 aliphatic rings. The summed E-state index contributed by atoms with van der Waals surface area (Å²) in [6.45, 7) is 10.6. The SMILES string of the molecule is C=Cc1cccc(OC(C)OCC(C)C)c1. The van der Waals surface area contributed by atoms with E-state index in [-0.39, 0.29) is 6.29 Å². The Labute approximate surface area is 97.9 Å². The summed E-state index contributed by atoms with van der Waals surface area (Å²) < 4.78 is 11.2. The highest BCUT2D eigenvalue weighted by molar-refractivity contribution is 5.49. The molecule has 0 saturated heterocycles. The van der Waals surface area contributed by atoms with Crippen molar-refractivity contribution in [3.05, 3.63) is 36.4 Å². The molecular weight excluding hydrogens is 200 g/mol. The Bertz CT molecular complexity index is 331. The number of benzene rings is 1. The summed E-state index contributed by atoms with van der Waals surface area (Å²) in [4.78, 5) is 0. The van der Waals surface area contributed by atoms with Gasteiger partial charge in [-0.15, -0.1) is 0 Å². The molecule has 0 amide bonds. The first-order valence-electron chi connectivity index (χ1n) is 5.62. The molecule has 88 valence electrons. The highest BCUT2D eigenvalue weighted by atomic mass is 16.7. The molecule has 0 heterocycles. The largest absolute Gasteiger partial charge is 0.465 e. The molecule has 0 aliphatic carbocycles. The average Bonchev–Trinajstić information content (AvgIpc) is 2.26. The maximum atomic E-state index is 5.64. The predicted octanol–water partition coefficient (Wildman–Crippen LogP) is 3.73. The van der Waals surface area contributed by atoms with Crippen LogP contribution in [0.4, 0.5) is 0 Å². The Balaban J connectivity index is 2.48. The number of hydrogen-bond acceptors (Lipinski definition) is 2. The number of ether oxygens (including phenoxy) is 2. The van der Waals surface area contributed by atoms with Crippen molar-refractivity contribution < 1.29 is 9.47 Å². The lowest BCUT2D eigenvalue weighted by Gasteiger charge is -2.16. The van der Waals surface area contributed by atoms with E-state index in [4.69, 9.17) is 9.47 Å². The Morgan fingerprint density at radius 2 is 2.06 bits per heavy atom. The zero-order valence-corrected chi connectivity index (χ0v) is 10.3. The van der Waals surface area contributed by atoms with Gasteiger partial charge in [-0.2, -0.15) is 0 Å². The molecule has 1 aromatic rings. The second kappa shape index (κ2) is 6.33. The summed E-state index contributed by atoms with van der Waals surface area (Å²) in [5.74, 6) is 1.33. The highest BCUT2D eigenvalue weighted by Gasteiger charge is 2.05. The third-order valence-electron chi connectivity index (χ3n) is 2.06. The zero-order chi connectivity index (χ0) is 12.0. The Morgan fingerprint density at radius 1 is 1.31 bits per heavy atom. The van der Waals surface area contributed by atoms with Crippen LogP contribution in [0.25, 0.3) is 6.08 Å². The molecule has 2 heteroatoms. The van der Waals surface area contributed by atoms with Gasteiger partial charge in [-0.1, -0.05) is 38.6 Å². The molecule has 0 N–H and O–H groups in total. The zero-order valence-electron chi connectivity index (χ0n) is 10.3. The minimum atomic E-state index is -0.220. The Hall–Kier alpha value is -1.28. The molecule has 0 bridgehead atoms. The van der Waals surface area contributed by atoms with Crippen molar-refractivity contribution in [2.24, 2.45) is 5.92 Å². The first kappa shape index (κ1) is 12.8. The smallest absolute Gasteiger partial charge is 0.196 e. The van der Waals surface area contributed by atoms with E-state index in [1.54, 1.807) is 6.08 Å². The van der Waals surface area contributed by atoms with Gasteiger partial charge in [0, 0.05) is 0 Å². The molecule has 0 aromatic heterocycles. The predicted molar refractivity (Wildman–Crippen MR) is 67.4 cm³/mol. The van der Waals surface area contributed by atoms with E-state index in [9.17, 15) is 0 Å². The monoisotopic (exact) mass is 220 g/mol. The second-order valence-electron chi connectivity index (χ2n) is 4.19. The summed E-state index contributed by atoms with van der Waals surface area (Å²) in [6, 6.07) is 7.80. The van der Waals surface area contributed by atoms with E-state index in [1.807, 2.05) is 31.2 Å². The third-order valence-corrected chi connectivity index (χ3v) is 2.06. The lowest BCUT2D eigenvalue weighted by molar-refractivity contribution is -0.0755. The van der Waals surface area contributed by atoms with Crippen LogP contribution >= 0.6 is 0 Å². The van der Waals surface area contributed by atoms with Gasteiger partial charge in [0.15, 0.2) is 6.29 Å². The summed E-state index contributed by atoms with van der Waals surface area (Å²) in [5, 5.41) is 0. The van der Waals surface area contributed by atoms with Crippen molar-refractivity contribution in [2.75, 3.05) is 6.61 Å². The van der Waals surface area contributed by atoms with Crippen LogP contribution in [0.15, 0.2) is 30.8 Å². The van der Waals surface area contributed by atoms with Crippen LogP contribution in [-0.4, -0.2) is 12.9 Å². The van der Waals surface area contributed by atoms with Gasteiger partial charge >= 0.3 is 0 Å². The van der Waals surface area contributed by atoms with Gasteiger partial charge in [0.1, 0.15) is 5.75 Å². The van der Waals surface area contributed by atoms with Crippen molar-refractivity contribution in [3.63, 3.8) is 0 Å². The van der Waals surface area contributed by atoms with Gasteiger partial charge in [0.05, 0.1) is 6.61 Å². The van der Waals surface area contributed by atoms with Crippen LogP contribution in [-0.2, 0) is 4.74 Å². The van der Waals surface area contributed by atoms with E-state index in [2.05, 4.69) is 20.4 Å². The fourth-order valence-electron chi connectivity index (χ4n) is 1.27. The minimum absolute atomic E-state index is 0.220. The maximum absolute atomic E-state index is 5.64. The standard InChI is InChI=1S/C14H20O2/c1-5-13-7-6-8-14(9-13)16-12(4)15-10-11(2)3/h5-9,11-12H,1,10H2,2-4H3. The maximum Gasteiger partial charge on any atom is 0.196 e. The van der Waals surface area contributed by atoms with E-state index < -0.39 is 0 Å². The van der Waals surface area contributed by atoms with E-state index >= 15 is 0 Å². The van der Waals surface area contributed by atoms with Crippen molar-refractivity contribution >= 4 is 6.08 Å². The highest BCUT2D eigenvalue weighted by Crippen LogP contribution is 2.16. The van der Waals surface area contributed by atoms with Gasteiger partial charge in [0.25, 0.3) is 0 Å². The van der Waals surface area contributed by atoms with E-state index in [0.29, 0.717) is 12.5 Å². The van der Waals surface area contributed by atoms with Gasteiger partial charge in [-0.05, 0) is 30.5 Å². The molecule has 0 spiro atoms. The molecule has 0 aliphatic heterocycles. The fraction of sp³-hybridized carbons (Fsp3) is 0.429. The number of hydrogen-bond donors (Lipinski definition) is 0. The van der Waals surface area contributed by atoms with Crippen LogP contribution in [0.2, 0.25) is 0 Å². The van der Waals surface area contributed by atoms with E-state index in [0.717, 1.165) is 11.3 Å². The Morgan fingerprint density at radius 3 is 2.69 bits per heavy atom. The van der Waals surface area contributed by atoms with Crippen LogP contribution in [0.1, 0.15) is 26.3 Å². The molecule has 1 unspecified atom stereocenters. The molecule has 16 heavy (non-hydrogen) atoms. The second-order valence-corrected chi connectivity index (χ2v) is 4.19. The fourth-order valence-corrected chi connectivity index (χ4v) is 1.27. The molecule has 0 saturated carbocycles. The summed E-state index contributed by atoms with van der Waals surface area (Å²) in [6.07, 6.45) is 1.58. The molecular formula is C14H20O2. The number of rotatable bonds is 6.